The summed E-state index contributed by atoms with van der Waals surface area (Å²) in [6.07, 6.45) is 0. The second-order valence-corrected chi connectivity index (χ2v) is 3.35. The summed E-state index contributed by atoms with van der Waals surface area (Å²) in [5, 5.41) is 8.32. The molecule has 0 aliphatic carbocycles. The number of rotatable bonds is 2. The van der Waals surface area contributed by atoms with Gasteiger partial charge in [-0.1, -0.05) is 0 Å². The van der Waals surface area contributed by atoms with Crippen LogP contribution in [-0.2, 0) is 14.3 Å². The van der Waals surface area contributed by atoms with E-state index in [1.165, 1.54) is 0 Å². The van der Waals surface area contributed by atoms with Crippen molar-refractivity contribution in [1.82, 2.24) is 0 Å². The summed E-state index contributed by atoms with van der Waals surface area (Å²) in [6.45, 7) is 4.92. The van der Waals surface area contributed by atoms with Gasteiger partial charge in [-0.05, 0) is 20.8 Å². The van der Waals surface area contributed by atoms with Crippen molar-refractivity contribution < 1.29 is 19.4 Å². The van der Waals surface area contributed by atoms with Gasteiger partial charge in [-0.15, -0.1) is 0 Å². The van der Waals surface area contributed by atoms with Gasteiger partial charge in [-0.3, -0.25) is 0 Å². The molecule has 0 rings (SSSR count). The number of aliphatic carboxylic acids is 1. The molecule has 0 aliphatic heterocycles. The molecule has 0 heterocycles. The molecule has 0 aromatic heterocycles. The number of carboxylic acid groups (broad SMARTS) is 1. The summed E-state index contributed by atoms with van der Waals surface area (Å²) >= 11 is 0. The summed E-state index contributed by atoms with van der Waals surface area (Å²) in [7, 11) is 0. The molecule has 0 aliphatic rings. The number of ether oxygens (including phenoxy) is 1. The average Bonchev–Trinajstić information content (AvgIpc) is 1.82. The highest BCUT2D eigenvalue weighted by Crippen LogP contribution is 2.07. The number of carbonyl (C=O) groups excluding carboxylic acids is 1. The summed E-state index contributed by atoms with van der Waals surface area (Å²) in [5.74, 6) is -2.31. The van der Waals surface area contributed by atoms with E-state index in [9.17, 15) is 9.59 Å². The summed E-state index contributed by atoms with van der Waals surface area (Å²) < 4.78 is 4.72. The quantitative estimate of drug-likeness (QED) is 0.445. The molecule has 1 atom stereocenters. The van der Waals surface area contributed by atoms with Crippen LogP contribution in [0.1, 0.15) is 20.8 Å². The Labute approximate surface area is 70.5 Å². The Morgan fingerprint density at radius 2 is 1.83 bits per heavy atom. The number of esters is 1. The van der Waals surface area contributed by atoms with Crippen LogP contribution in [0.2, 0.25) is 0 Å². The zero-order valence-electron chi connectivity index (χ0n) is 7.33. The zero-order chi connectivity index (χ0) is 9.94. The first-order valence-corrected chi connectivity index (χ1v) is 3.45. The number of carboxylic acids is 1. The minimum atomic E-state index is -1.59. The van der Waals surface area contributed by atoms with Crippen molar-refractivity contribution in [3.63, 3.8) is 0 Å². The highest BCUT2D eigenvalue weighted by Gasteiger charge is 2.27. The van der Waals surface area contributed by atoms with Gasteiger partial charge in [-0.25, -0.2) is 9.59 Å². The van der Waals surface area contributed by atoms with E-state index in [0.717, 1.165) is 0 Å². The summed E-state index contributed by atoms with van der Waals surface area (Å²) in [5.41, 5.74) is 4.29. The Hall–Kier alpha value is -1.10. The van der Waals surface area contributed by atoms with Gasteiger partial charge in [0.25, 0.3) is 0 Å². The van der Waals surface area contributed by atoms with Crippen LogP contribution >= 0.6 is 0 Å². The minimum absolute atomic E-state index is 0.704. The lowest BCUT2D eigenvalue weighted by atomic mass is 10.2. The van der Waals surface area contributed by atoms with Gasteiger partial charge >= 0.3 is 11.9 Å². The maximum absolute atomic E-state index is 10.9. The lowest BCUT2D eigenvalue weighted by Gasteiger charge is -2.20. The van der Waals surface area contributed by atoms with E-state index in [1.807, 2.05) is 0 Å². The van der Waals surface area contributed by atoms with Crippen molar-refractivity contribution in [3.8, 4) is 0 Å². The number of hydrogen-bond donors (Lipinski definition) is 2. The van der Waals surface area contributed by atoms with Gasteiger partial charge in [0.1, 0.15) is 5.60 Å². The van der Waals surface area contributed by atoms with Gasteiger partial charge in [0.2, 0.25) is 6.04 Å². The van der Waals surface area contributed by atoms with E-state index in [0.29, 0.717) is 0 Å². The van der Waals surface area contributed by atoms with E-state index < -0.39 is 23.6 Å². The standard InChI is InChI=1S/C7H13NO4/c1-7(2,3)12-6(11)4(8)5(9)10/h4H,8H2,1-3H3,(H,9,10)/t4-/m1/s1. The molecule has 0 aromatic rings. The molecule has 0 spiro atoms. The first kappa shape index (κ1) is 10.9. The predicted octanol–water partition coefficient (Wildman–Crippen LogP) is -0.260. The summed E-state index contributed by atoms with van der Waals surface area (Å²) in [6, 6.07) is -1.59. The van der Waals surface area contributed by atoms with Gasteiger partial charge in [-0.2, -0.15) is 0 Å². The third-order valence-electron chi connectivity index (χ3n) is 0.927. The third-order valence-corrected chi connectivity index (χ3v) is 0.927. The molecule has 0 fully saturated rings. The Kier molecular flexibility index (Phi) is 3.21. The summed E-state index contributed by atoms with van der Waals surface area (Å²) in [4.78, 5) is 21.1. The van der Waals surface area contributed by atoms with E-state index in [4.69, 9.17) is 15.6 Å². The van der Waals surface area contributed by atoms with Crippen molar-refractivity contribution in [2.24, 2.45) is 5.73 Å². The Balaban J connectivity index is 4.15. The topological polar surface area (TPSA) is 89.6 Å². The second-order valence-electron chi connectivity index (χ2n) is 3.35. The third kappa shape index (κ3) is 3.92. The fourth-order valence-electron chi connectivity index (χ4n) is 0.466. The molecule has 0 amide bonds. The highest BCUT2D eigenvalue weighted by atomic mass is 16.6. The molecule has 0 aromatic carbocycles. The predicted molar refractivity (Wildman–Crippen MR) is 41.5 cm³/mol. The van der Waals surface area contributed by atoms with Crippen LogP contribution in [0.3, 0.4) is 0 Å². The normalized spacial score (nSPS) is 13.7. The molecule has 0 saturated carbocycles. The van der Waals surface area contributed by atoms with Gasteiger partial charge in [0.15, 0.2) is 0 Å². The van der Waals surface area contributed by atoms with Crippen LogP contribution < -0.4 is 5.73 Å². The molecule has 0 unspecified atom stereocenters. The van der Waals surface area contributed by atoms with Gasteiger partial charge < -0.3 is 15.6 Å². The zero-order valence-corrected chi connectivity index (χ0v) is 7.33. The van der Waals surface area contributed by atoms with Crippen LogP contribution in [0.15, 0.2) is 0 Å². The van der Waals surface area contributed by atoms with Crippen molar-refractivity contribution in [2.75, 3.05) is 0 Å². The maximum Gasteiger partial charge on any atom is 0.335 e. The van der Waals surface area contributed by atoms with Crippen molar-refractivity contribution in [2.45, 2.75) is 32.4 Å². The lowest BCUT2D eigenvalue weighted by molar-refractivity contribution is -0.161. The lowest BCUT2D eigenvalue weighted by Crippen LogP contribution is -2.42. The Morgan fingerprint density at radius 3 is 2.08 bits per heavy atom. The Bertz CT molecular complexity index is 194. The molecule has 0 bridgehead atoms. The molecule has 12 heavy (non-hydrogen) atoms. The fourth-order valence-corrected chi connectivity index (χ4v) is 0.466. The maximum atomic E-state index is 10.9. The number of carbonyl (C=O) groups is 2. The monoisotopic (exact) mass is 175 g/mol. The van der Waals surface area contributed by atoms with E-state index in [-0.39, 0.29) is 0 Å². The second kappa shape index (κ2) is 3.53. The van der Waals surface area contributed by atoms with Gasteiger partial charge in [0, 0.05) is 0 Å². The van der Waals surface area contributed by atoms with Crippen LogP contribution in [0.5, 0.6) is 0 Å². The first-order chi connectivity index (χ1) is 5.24. The Morgan fingerprint density at radius 1 is 1.42 bits per heavy atom. The van der Waals surface area contributed by atoms with E-state index in [1.54, 1.807) is 20.8 Å². The molecule has 3 N–H and O–H groups in total. The first-order valence-electron chi connectivity index (χ1n) is 3.45. The van der Waals surface area contributed by atoms with Crippen LogP contribution in [0.25, 0.3) is 0 Å². The van der Waals surface area contributed by atoms with Crippen molar-refractivity contribution in [3.05, 3.63) is 0 Å². The van der Waals surface area contributed by atoms with Gasteiger partial charge in [0.05, 0.1) is 0 Å². The SMILES string of the molecule is CC(C)(C)OC(=O)[C@H](N)C(=O)O. The number of hydrogen-bond acceptors (Lipinski definition) is 4. The van der Waals surface area contributed by atoms with Crippen molar-refractivity contribution >= 4 is 11.9 Å². The molecular formula is C7H13NO4. The van der Waals surface area contributed by atoms with E-state index >= 15 is 0 Å². The van der Waals surface area contributed by atoms with Crippen LogP contribution in [0.4, 0.5) is 0 Å². The molecule has 5 heteroatoms. The molecule has 5 nitrogen and oxygen atoms in total. The van der Waals surface area contributed by atoms with E-state index in [2.05, 4.69) is 0 Å². The van der Waals surface area contributed by atoms with Crippen LogP contribution in [-0.4, -0.2) is 28.7 Å². The highest BCUT2D eigenvalue weighted by molar-refractivity contribution is 5.98. The average molecular weight is 175 g/mol. The minimum Gasteiger partial charge on any atom is -0.480 e. The molecule has 0 radical (unpaired) electrons. The largest absolute Gasteiger partial charge is 0.480 e. The fraction of sp³-hybridized carbons (Fsp3) is 0.714. The molecule has 0 saturated heterocycles. The van der Waals surface area contributed by atoms with Crippen LogP contribution in [0, 0.1) is 0 Å². The number of nitrogens with two attached hydrogens (primary N) is 1. The smallest absolute Gasteiger partial charge is 0.335 e. The molecule has 70 valence electrons. The van der Waals surface area contributed by atoms with Crippen molar-refractivity contribution in [1.29, 1.82) is 0 Å². The molecular weight excluding hydrogens is 162 g/mol.